The van der Waals surface area contributed by atoms with Gasteiger partial charge in [0.1, 0.15) is 5.75 Å². The molecule has 1 amide bonds. The quantitative estimate of drug-likeness (QED) is 0.588. The van der Waals surface area contributed by atoms with Gasteiger partial charge in [0, 0.05) is 39.1 Å². The molecule has 1 aromatic carbocycles. The van der Waals surface area contributed by atoms with E-state index >= 15 is 0 Å². The smallest absolute Gasteiger partial charge is 0.222 e. The van der Waals surface area contributed by atoms with Crippen molar-refractivity contribution < 1.29 is 14.3 Å². The molecule has 1 fully saturated rings. The van der Waals surface area contributed by atoms with E-state index < -0.39 is 0 Å². The second-order valence-electron chi connectivity index (χ2n) is 7.50. The molecule has 1 aliphatic rings. The zero-order valence-corrected chi connectivity index (χ0v) is 17.0. The molecule has 0 saturated carbocycles. The van der Waals surface area contributed by atoms with Crippen LogP contribution >= 0.6 is 0 Å². The van der Waals surface area contributed by atoms with Crippen molar-refractivity contribution in [1.82, 2.24) is 9.80 Å². The van der Waals surface area contributed by atoms with Crippen molar-refractivity contribution in [3.8, 4) is 5.75 Å². The van der Waals surface area contributed by atoms with Crippen LogP contribution in [0.5, 0.6) is 5.75 Å². The van der Waals surface area contributed by atoms with Crippen molar-refractivity contribution in [2.45, 2.75) is 32.8 Å². The molecule has 0 radical (unpaired) electrons. The fourth-order valence-electron chi connectivity index (χ4n) is 3.26. The van der Waals surface area contributed by atoms with Gasteiger partial charge in [-0.05, 0) is 30.0 Å². The molecule has 2 rings (SSSR count). The fraction of sp³-hybridized carbons (Fsp3) is 0.591. The van der Waals surface area contributed by atoms with E-state index in [-0.39, 0.29) is 12.0 Å². The van der Waals surface area contributed by atoms with Crippen molar-refractivity contribution in [2.75, 3.05) is 46.4 Å². The van der Waals surface area contributed by atoms with E-state index in [0.29, 0.717) is 18.9 Å². The van der Waals surface area contributed by atoms with E-state index in [1.54, 1.807) is 13.2 Å². The van der Waals surface area contributed by atoms with Gasteiger partial charge in [-0.1, -0.05) is 32.1 Å². The van der Waals surface area contributed by atoms with Gasteiger partial charge >= 0.3 is 0 Å². The van der Waals surface area contributed by atoms with Crippen LogP contribution in [0.15, 0.2) is 36.9 Å². The number of nitrogens with zero attached hydrogens (tertiary/aromatic N) is 2. The minimum atomic E-state index is -0.0405. The van der Waals surface area contributed by atoms with Gasteiger partial charge in [0.15, 0.2) is 0 Å². The molecule has 27 heavy (non-hydrogen) atoms. The lowest BCUT2D eigenvalue weighted by molar-refractivity contribution is -0.133. The first-order valence-electron chi connectivity index (χ1n) is 9.90. The summed E-state index contributed by atoms with van der Waals surface area (Å²) in [5.74, 6) is 1.69. The second-order valence-corrected chi connectivity index (χ2v) is 7.50. The van der Waals surface area contributed by atoms with Crippen LogP contribution in [-0.4, -0.2) is 62.1 Å². The first-order valence-corrected chi connectivity index (χ1v) is 9.90. The van der Waals surface area contributed by atoms with Gasteiger partial charge in [-0.25, -0.2) is 0 Å². The fourth-order valence-corrected chi connectivity index (χ4v) is 3.26. The minimum Gasteiger partial charge on any atom is -0.497 e. The topological polar surface area (TPSA) is 42.0 Å². The average Bonchev–Trinajstić information content (AvgIpc) is 2.69. The standard InChI is InChI=1S/C22H34N2O3/c1-5-15-27-21(19-7-6-8-20(16-19)26-4)17-23-11-13-24(14-12-23)22(25)10-9-18(2)3/h5-8,16,18,21H,1,9-15,17H2,2-4H3. The van der Waals surface area contributed by atoms with Gasteiger partial charge in [-0.2, -0.15) is 0 Å². The Bertz CT molecular complexity index is 595. The number of rotatable bonds is 10. The van der Waals surface area contributed by atoms with Gasteiger partial charge in [0.2, 0.25) is 5.91 Å². The maximum atomic E-state index is 12.3. The highest BCUT2D eigenvalue weighted by atomic mass is 16.5. The first kappa shape index (κ1) is 21.5. The van der Waals surface area contributed by atoms with E-state index in [9.17, 15) is 4.79 Å². The predicted octanol–water partition coefficient (Wildman–Crippen LogP) is 3.52. The first-order chi connectivity index (χ1) is 13.0. The highest BCUT2D eigenvalue weighted by Crippen LogP contribution is 2.24. The number of carbonyl (C=O) groups is 1. The molecule has 5 heteroatoms. The Kier molecular flexibility index (Phi) is 8.82. The predicted molar refractivity (Wildman–Crippen MR) is 109 cm³/mol. The lowest BCUT2D eigenvalue weighted by Crippen LogP contribution is -2.49. The summed E-state index contributed by atoms with van der Waals surface area (Å²) in [7, 11) is 1.67. The van der Waals surface area contributed by atoms with E-state index in [1.165, 1.54) is 0 Å². The zero-order valence-electron chi connectivity index (χ0n) is 17.0. The number of ether oxygens (including phenoxy) is 2. The Morgan fingerprint density at radius 2 is 2.00 bits per heavy atom. The van der Waals surface area contributed by atoms with Crippen LogP contribution in [0.4, 0.5) is 0 Å². The number of benzene rings is 1. The lowest BCUT2D eigenvalue weighted by Gasteiger charge is -2.36. The second kappa shape index (κ2) is 11.1. The summed E-state index contributed by atoms with van der Waals surface area (Å²) in [6.45, 7) is 12.7. The molecular weight excluding hydrogens is 340 g/mol. The Labute approximate surface area is 163 Å². The lowest BCUT2D eigenvalue weighted by atomic mass is 10.1. The summed E-state index contributed by atoms with van der Waals surface area (Å²) in [5, 5.41) is 0. The molecule has 0 aliphatic carbocycles. The number of carbonyl (C=O) groups excluding carboxylic acids is 1. The molecule has 5 nitrogen and oxygen atoms in total. The van der Waals surface area contributed by atoms with Gasteiger partial charge < -0.3 is 14.4 Å². The third kappa shape index (κ3) is 7.00. The van der Waals surface area contributed by atoms with Crippen LogP contribution < -0.4 is 4.74 Å². The molecule has 1 aromatic rings. The molecular formula is C22H34N2O3. The van der Waals surface area contributed by atoms with Crippen LogP contribution in [0, 0.1) is 5.92 Å². The summed E-state index contributed by atoms with van der Waals surface area (Å²) < 4.78 is 11.4. The van der Waals surface area contributed by atoms with Crippen molar-refractivity contribution in [3.05, 3.63) is 42.5 Å². The Morgan fingerprint density at radius 1 is 1.26 bits per heavy atom. The largest absolute Gasteiger partial charge is 0.497 e. The number of methoxy groups -OCH3 is 1. The normalized spacial score (nSPS) is 16.4. The number of piperazine rings is 1. The number of hydrogen-bond donors (Lipinski definition) is 0. The minimum absolute atomic E-state index is 0.0405. The highest BCUT2D eigenvalue weighted by Gasteiger charge is 2.24. The van der Waals surface area contributed by atoms with Crippen molar-refractivity contribution >= 4 is 5.91 Å². The number of amides is 1. The zero-order chi connectivity index (χ0) is 19.6. The summed E-state index contributed by atoms with van der Waals surface area (Å²) >= 11 is 0. The van der Waals surface area contributed by atoms with Crippen LogP contribution in [-0.2, 0) is 9.53 Å². The van der Waals surface area contributed by atoms with Crippen LogP contribution in [0.3, 0.4) is 0 Å². The SMILES string of the molecule is C=CCOC(CN1CCN(C(=O)CCC(C)C)CC1)c1cccc(OC)c1. The maximum Gasteiger partial charge on any atom is 0.222 e. The highest BCUT2D eigenvalue weighted by molar-refractivity contribution is 5.76. The molecule has 1 aliphatic heterocycles. The molecule has 1 unspecified atom stereocenters. The molecule has 0 aromatic heterocycles. The van der Waals surface area contributed by atoms with Crippen molar-refractivity contribution in [3.63, 3.8) is 0 Å². The monoisotopic (exact) mass is 374 g/mol. The van der Waals surface area contributed by atoms with E-state index in [1.807, 2.05) is 23.1 Å². The average molecular weight is 375 g/mol. The van der Waals surface area contributed by atoms with Crippen LogP contribution in [0.25, 0.3) is 0 Å². The summed E-state index contributed by atoms with van der Waals surface area (Å²) in [4.78, 5) is 16.7. The number of hydrogen-bond acceptors (Lipinski definition) is 4. The van der Waals surface area contributed by atoms with E-state index in [0.717, 1.165) is 50.5 Å². The van der Waals surface area contributed by atoms with E-state index in [4.69, 9.17) is 9.47 Å². The van der Waals surface area contributed by atoms with Gasteiger partial charge in [-0.15, -0.1) is 6.58 Å². The molecule has 0 bridgehead atoms. The van der Waals surface area contributed by atoms with E-state index in [2.05, 4.69) is 31.4 Å². The molecule has 0 spiro atoms. The molecule has 1 heterocycles. The van der Waals surface area contributed by atoms with Crippen molar-refractivity contribution in [2.24, 2.45) is 5.92 Å². The third-order valence-corrected chi connectivity index (χ3v) is 4.97. The molecule has 0 N–H and O–H groups in total. The Hall–Kier alpha value is -1.85. The third-order valence-electron chi connectivity index (χ3n) is 4.97. The molecule has 1 saturated heterocycles. The van der Waals surface area contributed by atoms with Gasteiger partial charge in [-0.3, -0.25) is 9.69 Å². The van der Waals surface area contributed by atoms with Gasteiger partial charge in [0.05, 0.1) is 19.8 Å². The Morgan fingerprint density at radius 3 is 2.63 bits per heavy atom. The van der Waals surface area contributed by atoms with Crippen molar-refractivity contribution in [1.29, 1.82) is 0 Å². The van der Waals surface area contributed by atoms with Crippen LogP contribution in [0.1, 0.15) is 38.4 Å². The maximum absolute atomic E-state index is 12.3. The summed E-state index contributed by atoms with van der Waals surface area (Å²) in [5.41, 5.74) is 1.10. The Balaban J connectivity index is 1.91. The molecule has 1 atom stereocenters. The van der Waals surface area contributed by atoms with Gasteiger partial charge in [0.25, 0.3) is 0 Å². The molecule has 150 valence electrons. The van der Waals surface area contributed by atoms with Crippen LogP contribution in [0.2, 0.25) is 0 Å². The summed E-state index contributed by atoms with van der Waals surface area (Å²) in [6.07, 6.45) is 3.36. The summed E-state index contributed by atoms with van der Waals surface area (Å²) in [6, 6.07) is 8.03.